The Morgan fingerprint density at radius 3 is 2.19 bits per heavy atom. The van der Waals surface area contributed by atoms with Crippen LogP contribution in [-0.4, -0.2) is 100 Å². The molecule has 15 heteroatoms. The standard InChI is InChI=1S/C27H33N9O6/c28-18-17-19(29)25(31-23-21-6-2-4-8-36(21)34-27(23)42-16-14-40-12-10-38)32-24(18)30-22-20-5-1-3-7-35(20)33-26(22)41-15-13-39-11-9-37/h1-8,17,24,28,30,37-38H,9-16,29H2,(H,31,32). The van der Waals surface area contributed by atoms with E-state index in [4.69, 9.17) is 45.3 Å². The Balaban J connectivity index is 1.40. The molecule has 0 amide bonds. The molecule has 4 aromatic heterocycles. The molecule has 5 heterocycles. The smallest absolute Gasteiger partial charge is 0.260 e. The molecule has 1 unspecified atom stereocenters. The summed E-state index contributed by atoms with van der Waals surface area (Å²) in [5, 5.41) is 42.0. The summed E-state index contributed by atoms with van der Waals surface area (Å²) in [7, 11) is 0. The van der Waals surface area contributed by atoms with Gasteiger partial charge in [-0.25, -0.2) is 14.0 Å². The van der Waals surface area contributed by atoms with Gasteiger partial charge in [-0.1, -0.05) is 12.1 Å². The van der Waals surface area contributed by atoms with Gasteiger partial charge in [0.1, 0.15) is 25.1 Å². The highest BCUT2D eigenvalue weighted by Gasteiger charge is 2.26. The van der Waals surface area contributed by atoms with E-state index in [0.29, 0.717) is 28.6 Å². The van der Waals surface area contributed by atoms with Gasteiger partial charge in [-0.05, 0) is 30.3 Å². The predicted octanol–water partition coefficient (Wildman–Crippen LogP) is 0.691. The summed E-state index contributed by atoms with van der Waals surface area (Å²) in [4.78, 5) is 4.78. The number of nitrogens with one attached hydrogen (secondary N) is 3. The number of aliphatic hydroxyl groups is 2. The molecule has 0 saturated carbocycles. The second-order valence-electron chi connectivity index (χ2n) is 9.00. The van der Waals surface area contributed by atoms with Crippen LogP contribution in [0.5, 0.6) is 11.8 Å². The summed E-state index contributed by atoms with van der Waals surface area (Å²) in [5.74, 6) is 0.925. The third-order valence-electron chi connectivity index (χ3n) is 6.08. The molecule has 1 aliphatic heterocycles. The van der Waals surface area contributed by atoms with Crippen LogP contribution in [0.3, 0.4) is 0 Å². The Morgan fingerprint density at radius 1 is 0.881 bits per heavy atom. The molecule has 7 N–H and O–H groups in total. The highest BCUT2D eigenvalue weighted by atomic mass is 16.5. The number of fused-ring (bicyclic) bond motifs is 2. The highest BCUT2D eigenvalue weighted by molar-refractivity contribution is 6.14. The third-order valence-corrected chi connectivity index (χ3v) is 6.08. The number of aromatic nitrogens is 4. The fraction of sp³-hybridized carbons (Fsp3) is 0.333. The number of ether oxygens (including phenoxy) is 4. The van der Waals surface area contributed by atoms with Crippen LogP contribution in [0.1, 0.15) is 0 Å². The summed E-state index contributed by atoms with van der Waals surface area (Å²) in [6.45, 7) is 1.26. The molecule has 4 aromatic rings. The second kappa shape index (κ2) is 13.8. The van der Waals surface area contributed by atoms with E-state index < -0.39 is 6.17 Å². The molecule has 15 nitrogen and oxygen atoms in total. The summed E-state index contributed by atoms with van der Waals surface area (Å²) in [6, 6.07) is 11.2. The number of amidine groups is 1. The summed E-state index contributed by atoms with van der Waals surface area (Å²) >= 11 is 0. The van der Waals surface area contributed by atoms with E-state index in [1.54, 1.807) is 21.4 Å². The fourth-order valence-electron chi connectivity index (χ4n) is 4.19. The maximum Gasteiger partial charge on any atom is 0.260 e. The minimum atomic E-state index is -0.727. The van der Waals surface area contributed by atoms with Crippen LogP contribution in [0.25, 0.3) is 11.0 Å². The number of nitrogens with two attached hydrogens (primary N) is 1. The summed E-state index contributed by atoms with van der Waals surface area (Å²) in [5.41, 5.74) is 9.20. The fourth-order valence-corrected chi connectivity index (χ4v) is 4.19. The first kappa shape index (κ1) is 28.8. The SMILES string of the molecule is N=C1C=C(N)C(=Nc2c(OCCOCCO)nn3ccccc23)NC1Nc1c(OCCOCCO)nn2ccccc12. The Labute approximate surface area is 240 Å². The van der Waals surface area contributed by atoms with Gasteiger partial charge < -0.3 is 50.9 Å². The second-order valence-corrected chi connectivity index (χ2v) is 9.00. The molecule has 0 aromatic carbocycles. The lowest BCUT2D eigenvalue weighted by Crippen LogP contribution is -2.50. The molecule has 0 radical (unpaired) electrons. The van der Waals surface area contributed by atoms with Crippen molar-refractivity contribution in [2.24, 2.45) is 10.7 Å². The quantitative estimate of drug-likeness (QED) is 0.108. The van der Waals surface area contributed by atoms with Crippen LogP contribution in [0.2, 0.25) is 0 Å². The number of hydrogen-bond donors (Lipinski definition) is 6. The number of pyridine rings is 2. The lowest BCUT2D eigenvalue weighted by atomic mass is 10.1. The van der Waals surface area contributed by atoms with Crippen molar-refractivity contribution in [2.75, 3.05) is 58.2 Å². The van der Waals surface area contributed by atoms with Gasteiger partial charge in [0.15, 0.2) is 11.5 Å². The van der Waals surface area contributed by atoms with Crippen molar-refractivity contribution in [3.8, 4) is 11.8 Å². The first-order chi connectivity index (χ1) is 20.6. The lowest BCUT2D eigenvalue weighted by molar-refractivity contribution is 0.0696. The van der Waals surface area contributed by atoms with Gasteiger partial charge in [0.25, 0.3) is 11.8 Å². The molecule has 0 fully saturated rings. The molecule has 5 rings (SSSR count). The van der Waals surface area contributed by atoms with Gasteiger partial charge in [-0.3, -0.25) is 0 Å². The van der Waals surface area contributed by atoms with Gasteiger partial charge in [-0.2, -0.15) is 0 Å². The van der Waals surface area contributed by atoms with E-state index >= 15 is 0 Å². The van der Waals surface area contributed by atoms with Gasteiger partial charge >= 0.3 is 0 Å². The van der Waals surface area contributed by atoms with Gasteiger partial charge in [0.2, 0.25) is 0 Å². The van der Waals surface area contributed by atoms with Crippen molar-refractivity contribution < 1.29 is 29.2 Å². The topological polar surface area (TPSA) is 198 Å². The molecule has 42 heavy (non-hydrogen) atoms. The van der Waals surface area contributed by atoms with E-state index in [-0.39, 0.29) is 70.1 Å². The van der Waals surface area contributed by atoms with Gasteiger partial charge in [0, 0.05) is 12.4 Å². The van der Waals surface area contributed by atoms with E-state index in [0.717, 1.165) is 5.52 Å². The monoisotopic (exact) mass is 579 g/mol. The lowest BCUT2D eigenvalue weighted by Gasteiger charge is -2.26. The first-order valence-electron chi connectivity index (χ1n) is 13.3. The average Bonchev–Trinajstić information content (AvgIpc) is 3.52. The zero-order chi connectivity index (χ0) is 29.3. The van der Waals surface area contributed by atoms with Crippen molar-refractivity contribution >= 4 is 34.0 Å². The minimum absolute atomic E-state index is 0.0703. The van der Waals surface area contributed by atoms with Crippen LogP contribution in [-0.2, 0) is 9.47 Å². The summed E-state index contributed by atoms with van der Waals surface area (Å²) < 4.78 is 25.7. The molecular formula is C27H33N9O6. The predicted molar refractivity (Wildman–Crippen MR) is 155 cm³/mol. The average molecular weight is 580 g/mol. The Kier molecular flexibility index (Phi) is 9.45. The molecule has 0 aliphatic carbocycles. The minimum Gasteiger partial charge on any atom is -0.473 e. The zero-order valence-electron chi connectivity index (χ0n) is 22.8. The van der Waals surface area contributed by atoms with E-state index in [1.165, 1.54) is 6.08 Å². The molecule has 0 saturated heterocycles. The van der Waals surface area contributed by atoms with E-state index in [1.807, 2.05) is 36.4 Å². The van der Waals surface area contributed by atoms with Crippen LogP contribution < -0.4 is 25.8 Å². The molecule has 0 spiro atoms. The maximum atomic E-state index is 8.92. The Hall–Kier alpha value is -4.70. The Morgan fingerprint density at radius 2 is 1.50 bits per heavy atom. The normalized spacial score (nSPS) is 16.1. The maximum absolute atomic E-state index is 8.92. The van der Waals surface area contributed by atoms with E-state index in [2.05, 4.69) is 20.8 Å². The first-order valence-corrected chi connectivity index (χ1v) is 13.3. The number of nitrogens with zero attached hydrogens (tertiary/aromatic N) is 5. The Bertz CT molecular complexity index is 1580. The highest BCUT2D eigenvalue weighted by Crippen LogP contribution is 2.33. The molecular weight excluding hydrogens is 546 g/mol. The number of aliphatic hydroxyl groups excluding tert-OH is 2. The van der Waals surface area contributed by atoms with E-state index in [9.17, 15) is 0 Å². The van der Waals surface area contributed by atoms with Crippen LogP contribution in [0.4, 0.5) is 11.4 Å². The largest absolute Gasteiger partial charge is 0.473 e. The molecule has 222 valence electrons. The van der Waals surface area contributed by atoms with Crippen molar-refractivity contribution in [3.05, 3.63) is 60.6 Å². The molecule has 0 bridgehead atoms. The van der Waals surface area contributed by atoms with Gasteiger partial charge in [-0.15, -0.1) is 10.2 Å². The van der Waals surface area contributed by atoms with Gasteiger partial charge in [0.05, 0.1) is 62.1 Å². The molecule has 1 aliphatic rings. The molecule has 1 atom stereocenters. The van der Waals surface area contributed by atoms with Crippen LogP contribution >= 0.6 is 0 Å². The van der Waals surface area contributed by atoms with Crippen molar-refractivity contribution in [2.45, 2.75) is 6.17 Å². The zero-order valence-corrected chi connectivity index (χ0v) is 22.8. The number of rotatable bonds is 15. The number of aliphatic imine (C=N–C) groups is 1. The number of anilines is 1. The summed E-state index contributed by atoms with van der Waals surface area (Å²) in [6.07, 6.45) is 4.37. The third kappa shape index (κ3) is 6.60. The number of hydrogen-bond acceptors (Lipinski definition) is 12. The van der Waals surface area contributed by atoms with Crippen molar-refractivity contribution in [1.29, 1.82) is 5.41 Å². The van der Waals surface area contributed by atoms with Crippen molar-refractivity contribution in [1.82, 2.24) is 24.5 Å². The van der Waals surface area contributed by atoms with Crippen LogP contribution in [0.15, 0.2) is 65.6 Å². The van der Waals surface area contributed by atoms with Crippen LogP contribution in [0, 0.1) is 5.41 Å². The van der Waals surface area contributed by atoms with Crippen molar-refractivity contribution in [3.63, 3.8) is 0 Å².